The van der Waals surface area contributed by atoms with E-state index in [0.717, 1.165) is 17.3 Å². The van der Waals surface area contributed by atoms with E-state index in [4.69, 9.17) is 4.74 Å². The fourth-order valence-electron chi connectivity index (χ4n) is 2.01. The van der Waals surface area contributed by atoms with Gasteiger partial charge in [-0.2, -0.15) is 5.10 Å². The number of methoxy groups -OCH3 is 1. The minimum atomic E-state index is 0. The predicted octanol–water partition coefficient (Wildman–Crippen LogP) is 1.59. The molecule has 0 bridgehead atoms. The number of nitrogens with zero attached hydrogens (tertiary/aromatic N) is 4. The van der Waals surface area contributed by atoms with E-state index in [9.17, 15) is 0 Å². The van der Waals surface area contributed by atoms with Crippen LogP contribution in [0.5, 0.6) is 0 Å². The van der Waals surface area contributed by atoms with Crippen molar-refractivity contribution < 1.29 is 4.74 Å². The molecule has 0 aliphatic carbocycles. The third-order valence-electron chi connectivity index (χ3n) is 3.03. The van der Waals surface area contributed by atoms with Gasteiger partial charge in [-0.3, -0.25) is 4.99 Å². The Bertz CT molecular complexity index is 602. The van der Waals surface area contributed by atoms with Gasteiger partial charge in [0.05, 0.1) is 6.61 Å². The zero-order chi connectivity index (χ0) is 15.8. The number of rotatable bonds is 6. The molecule has 2 aromatic rings. The molecule has 8 heteroatoms. The molecule has 0 radical (unpaired) electrons. The van der Waals surface area contributed by atoms with E-state index in [0.29, 0.717) is 13.2 Å². The van der Waals surface area contributed by atoms with Gasteiger partial charge in [0.1, 0.15) is 0 Å². The van der Waals surface area contributed by atoms with E-state index in [1.165, 1.54) is 0 Å². The van der Waals surface area contributed by atoms with Crippen LogP contribution in [0.25, 0.3) is 5.82 Å². The van der Waals surface area contributed by atoms with Crippen LogP contribution >= 0.6 is 24.0 Å². The Kier molecular flexibility index (Phi) is 8.56. The Labute approximate surface area is 153 Å². The monoisotopic (exact) mass is 430 g/mol. The molecule has 0 amide bonds. The van der Waals surface area contributed by atoms with Gasteiger partial charge in [0.2, 0.25) is 0 Å². The van der Waals surface area contributed by atoms with E-state index in [2.05, 4.69) is 25.7 Å². The average molecular weight is 430 g/mol. The minimum absolute atomic E-state index is 0. The molecule has 2 heterocycles. The van der Waals surface area contributed by atoms with Crippen molar-refractivity contribution in [2.75, 3.05) is 20.8 Å². The van der Waals surface area contributed by atoms with Crippen LogP contribution in [0.2, 0.25) is 0 Å². The Morgan fingerprint density at radius 1 is 1.43 bits per heavy atom. The van der Waals surface area contributed by atoms with Gasteiger partial charge in [0, 0.05) is 45.3 Å². The van der Waals surface area contributed by atoms with Gasteiger partial charge in [0.15, 0.2) is 11.8 Å². The van der Waals surface area contributed by atoms with Crippen LogP contribution in [-0.4, -0.2) is 47.5 Å². The lowest BCUT2D eigenvalue weighted by molar-refractivity contribution is 0.179. The van der Waals surface area contributed by atoms with Crippen LogP contribution in [0.3, 0.4) is 0 Å². The minimum Gasteiger partial charge on any atom is -0.383 e. The second-order valence-electron chi connectivity index (χ2n) is 4.90. The molecule has 0 spiro atoms. The molecule has 1 unspecified atom stereocenters. The van der Waals surface area contributed by atoms with Crippen molar-refractivity contribution in [1.29, 1.82) is 0 Å². The first-order valence-corrected chi connectivity index (χ1v) is 7.14. The van der Waals surface area contributed by atoms with Crippen molar-refractivity contribution in [3.05, 3.63) is 42.4 Å². The number of hydrogen-bond donors (Lipinski definition) is 2. The summed E-state index contributed by atoms with van der Waals surface area (Å²) in [5.74, 6) is 1.53. The maximum Gasteiger partial charge on any atom is 0.191 e. The summed E-state index contributed by atoms with van der Waals surface area (Å²) in [5, 5.41) is 10.7. The molecule has 0 saturated carbocycles. The van der Waals surface area contributed by atoms with Crippen LogP contribution in [0.4, 0.5) is 0 Å². The summed E-state index contributed by atoms with van der Waals surface area (Å²) in [7, 11) is 3.43. The zero-order valence-corrected chi connectivity index (χ0v) is 15.9. The zero-order valence-electron chi connectivity index (χ0n) is 13.6. The second kappa shape index (κ2) is 10.2. The molecule has 126 valence electrons. The maximum atomic E-state index is 5.11. The first-order valence-electron chi connectivity index (χ1n) is 7.14. The number of aromatic nitrogens is 3. The Morgan fingerprint density at radius 2 is 2.26 bits per heavy atom. The average Bonchev–Trinajstić information content (AvgIpc) is 3.06. The van der Waals surface area contributed by atoms with Gasteiger partial charge >= 0.3 is 0 Å². The highest BCUT2D eigenvalue weighted by Crippen LogP contribution is 2.05. The molecule has 1 atom stereocenters. The smallest absolute Gasteiger partial charge is 0.191 e. The number of pyridine rings is 1. The molecule has 0 aliphatic rings. The molecule has 2 rings (SSSR count). The Balaban J connectivity index is 0.00000264. The molecule has 0 saturated heterocycles. The molecular weight excluding hydrogens is 407 g/mol. The number of ether oxygens (including phenoxy) is 1. The third-order valence-corrected chi connectivity index (χ3v) is 3.03. The van der Waals surface area contributed by atoms with E-state index < -0.39 is 0 Å². The molecule has 2 N–H and O–H groups in total. The lowest BCUT2D eigenvalue weighted by Crippen LogP contribution is -2.43. The van der Waals surface area contributed by atoms with Crippen LogP contribution in [-0.2, 0) is 11.3 Å². The van der Waals surface area contributed by atoms with Crippen molar-refractivity contribution in [3.8, 4) is 5.82 Å². The van der Waals surface area contributed by atoms with Gasteiger partial charge in [-0.15, -0.1) is 24.0 Å². The van der Waals surface area contributed by atoms with Crippen LogP contribution < -0.4 is 10.6 Å². The lowest BCUT2D eigenvalue weighted by Gasteiger charge is -2.17. The third kappa shape index (κ3) is 6.14. The summed E-state index contributed by atoms with van der Waals surface area (Å²) < 4.78 is 6.84. The van der Waals surface area contributed by atoms with Gasteiger partial charge < -0.3 is 15.4 Å². The van der Waals surface area contributed by atoms with E-state index >= 15 is 0 Å². The first kappa shape index (κ1) is 19.4. The van der Waals surface area contributed by atoms with E-state index in [1.54, 1.807) is 31.2 Å². The fraction of sp³-hybridized carbons (Fsp3) is 0.400. The Hall–Kier alpha value is -1.68. The normalized spacial score (nSPS) is 12.4. The predicted molar refractivity (Wildman–Crippen MR) is 101 cm³/mol. The highest BCUT2D eigenvalue weighted by Gasteiger charge is 2.05. The van der Waals surface area contributed by atoms with E-state index in [1.807, 2.05) is 31.3 Å². The molecule has 2 aromatic heterocycles. The van der Waals surface area contributed by atoms with Gasteiger partial charge in [-0.25, -0.2) is 9.67 Å². The SMILES string of the molecule is CN=C(NCc1ccnc(-n2cccn2)c1)NC(C)COC.I. The van der Waals surface area contributed by atoms with Gasteiger partial charge in [-0.1, -0.05) is 0 Å². The fourth-order valence-corrected chi connectivity index (χ4v) is 2.01. The van der Waals surface area contributed by atoms with Crippen molar-refractivity contribution >= 4 is 29.9 Å². The summed E-state index contributed by atoms with van der Waals surface area (Å²) in [5.41, 5.74) is 1.10. The highest BCUT2D eigenvalue weighted by atomic mass is 127. The topological polar surface area (TPSA) is 76.4 Å². The molecule has 7 nitrogen and oxygen atoms in total. The number of hydrogen-bond acceptors (Lipinski definition) is 4. The van der Waals surface area contributed by atoms with E-state index in [-0.39, 0.29) is 30.0 Å². The quantitative estimate of drug-likeness (QED) is 0.414. The van der Waals surface area contributed by atoms with Gasteiger partial charge in [0.25, 0.3) is 0 Å². The molecule has 23 heavy (non-hydrogen) atoms. The number of aliphatic imine (C=N–C) groups is 1. The molecule has 0 fully saturated rings. The van der Waals surface area contributed by atoms with Crippen molar-refractivity contribution in [2.45, 2.75) is 19.5 Å². The molecule has 0 aromatic carbocycles. The summed E-state index contributed by atoms with van der Waals surface area (Å²) in [6.07, 6.45) is 5.37. The molecular formula is C15H23IN6O. The summed E-state index contributed by atoms with van der Waals surface area (Å²) in [6.45, 7) is 3.31. The van der Waals surface area contributed by atoms with Crippen molar-refractivity contribution in [2.24, 2.45) is 4.99 Å². The van der Waals surface area contributed by atoms with Crippen LogP contribution in [0.1, 0.15) is 12.5 Å². The van der Waals surface area contributed by atoms with Crippen LogP contribution in [0.15, 0.2) is 41.8 Å². The number of guanidine groups is 1. The molecule has 0 aliphatic heterocycles. The van der Waals surface area contributed by atoms with Gasteiger partial charge in [-0.05, 0) is 30.7 Å². The van der Waals surface area contributed by atoms with Crippen molar-refractivity contribution in [1.82, 2.24) is 25.4 Å². The standard InChI is InChI=1S/C15H22N6O.HI/c1-12(11-22-3)20-15(16-2)18-10-13-5-7-17-14(9-13)21-8-4-6-19-21;/h4-9,12H,10-11H2,1-3H3,(H2,16,18,20);1H. The number of nitrogens with one attached hydrogen (secondary N) is 2. The Morgan fingerprint density at radius 3 is 2.91 bits per heavy atom. The summed E-state index contributed by atoms with van der Waals surface area (Å²) in [6, 6.07) is 6.01. The second-order valence-corrected chi connectivity index (χ2v) is 4.90. The highest BCUT2D eigenvalue weighted by molar-refractivity contribution is 14.0. The summed E-state index contributed by atoms with van der Waals surface area (Å²) in [4.78, 5) is 8.52. The first-order chi connectivity index (χ1) is 10.7. The maximum absolute atomic E-state index is 5.11. The van der Waals surface area contributed by atoms with Crippen LogP contribution in [0, 0.1) is 0 Å². The summed E-state index contributed by atoms with van der Waals surface area (Å²) >= 11 is 0. The number of halogens is 1. The largest absolute Gasteiger partial charge is 0.383 e. The lowest BCUT2D eigenvalue weighted by atomic mass is 10.2. The van der Waals surface area contributed by atoms with Crippen molar-refractivity contribution in [3.63, 3.8) is 0 Å².